The summed E-state index contributed by atoms with van der Waals surface area (Å²) in [4.78, 5) is 46.5. The number of rotatable bonds is 7. The molecule has 0 heterocycles. The van der Waals surface area contributed by atoms with Gasteiger partial charge in [-0.05, 0) is 25.0 Å². The number of hydrogen-bond acceptors (Lipinski definition) is 6. The van der Waals surface area contributed by atoms with Crippen molar-refractivity contribution in [2.45, 2.75) is 32.8 Å². The molecule has 1 amide bonds. The minimum Gasteiger partial charge on any atom is -0.453 e. The molecule has 2 rings (SSSR count). The Labute approximate surface area is 159 Å². The van der Waals surface area contributed by atoms with Crippen LogP contribution in [0.5, 0.6) is 0 Å². The van der Waals surface area contributed by atoms with Gasteiger partial charge in [0.2, 0.25) is 6.54 Å². The fraction of sp³-hybridized carbons (Fsp3) is 0.500. The van der Waals surface area contributed by atoms with Crippen LogP contribution in [0, 0.1) is 39.5 Å². The van der Waals surface area contributed by atoms with E-state index in [1.165, 1.54) is 6.92 Å². The van der Waals surface area contributed by atoms with Crippen LogP contribution in [0.15, 0.2) is 18.2 Å². The van der Waals surface area contributed by atoms with E-state index in [0.717, 1.165) is 18.2 Å². The maximum atomic E-state index is 13.6. The number of nitrogens with one attached hydrogen (secondary N) is 1. The zero-order valence-electron chi connectivity index (χ0n) is 15.3. The SMILES string of the molecule is C[C@H](OC(=O)C[C@H]1C(=O)C[C@H](C)[C@H]1C[N+](=O)[O-])C(=O)Nc1cc(F)ccc1F. The van der Waals surface area contributed by atoms with Gasteiger partial charge in [0, 0.05) is 29.2 Å². The van der Waals surface area contributed by atoms with Crippen LogP contribution >= 0.6 is 0 Å². The molecular formula is C18H20F2N2O6. The number of carbonyl (C=O) groups excluding carboxylic acids is 3. The number of carbonyl (C=O) groups is 3. The first-order valence-electron chi connectivity index (χ1n) is 8.68. The molecule has 0 aliphatic heterocycles. The van der Waals surface area contributed by atoms with E-state index < -0.39 is 58.6 Å². The highest BCUT2D eigenvalue weighted by atomic mass is 19.1. The largest absolute Gasteiger partial charge is 0.453 e. The molecule has 152 valence electrons. The molecule has 4 atom stereocenters. The number of nitrogens with zero attached hydrogens (tertiary/aromatic N) is 1. The van der Waals surface area contributed by atoms with E-state index in [4.69, 9.17) is 4.74 Å². The molecule has 1 aromatic carbocycles. The zero-order valence-corrected chi connectivity index (χ0v) is 15.3. The number of nitro groups is 1. The van der Waals surface area contributed by atoms with Crippen LogP contribution in [-0.4, -0.2) is 35.2 Å². The second-order valence-corrected chi connectivity index (χ2v) is 6.88. The predicted molar refractivity (Wildman–Crippen MR) is 92.8 cm³/mol. The molecule has 0 bridgehead atoms. The fourth-order valence-electron chi connectivity index (χ4n) is 3.31. The van der Waals surface area contributed by atoms with Gasteiger partial charge in [-0.3, -0.25) is 24.5 Å². The molecule has 0 saturated heterocycles. The van der Waals surface area contributed by atoms with Gasteiger partial charge >= 0.3 is 5.97 Å². The number of anilines is 1. The molecule has 8 nitrogen and oxygen atoms in total. The maximum absolute atomic E-state index is 13.6. The standard InChI is InChI=1S/C18H20F2N2O6/c1-9-5-16(23)12(13(9)8-22(26)27)7-17(24)28-10(2)18(25)21-15-6-11(19)3-4-14(15)20/h3-4,6,9-10,12-13H,5,7-8H2,1-2H3,(H,21,25)/t9-,10-,12+,13+/m0/s1. The number of ether oxygens (including phenoxy) is 1. The summed E-state index contributed by atoms with van der Waals surface area (Å²) in [6.45, 7) is 2.51. The van der Waals surface area contributed by atoms with Crippen molar-refractivity contribution in [1.29, 1.82) is 0 Å². The van der Waals surface area contributed by atoms with Crippen molar-refractivity contribution in [3.8, 4) is 0 Å². The Morgan fingerprint density at radius 1 is 1.39 bits per heavy atom. The molecule has 0 spiro atoms. The van der Waals surface area contributed by atoms with Gasteiger partial charge in [-0.15, -0.1) is 0 Å². The summed E-state index contributed by atoms with van der Waals surface area (Å²) in [6, 6.07) is 2.50. The van der Waals surface area contributed by atoms with Gasteiger partial charge in [0.1, 0.15) is 17.4 Å². The van der Waals surface area contributed by atoms with E-state index in [-0.39, 0.29) is 24.5 Å². The molecule has 0 unspecified atom stereocenters. The van der Waals surface area contributed by atoms with Gasteiger partial charge in [0.05, 0.1) is 12.1 Å². The van der Waals surface area contributed by atoms with Crippen LogP contribution in [-0.2, 0) is 19.1 Å². The maximum Gasteiger partial charge on any atom is 0.307 e. The van der Waals surface area contributed by atoms with Gasteiger partial charge < -0.3 is 10.1 Å². The topological polar surface area (TPSA) is 116 Å². The van der Waals surface area contributed by atoms with Gasteiger partial charge in [0.25, 0.3) is 5.91 Å². The smallest absolute Gasteiger partial charge is 0.307 e. The Kier molecular flexibility index (Phi) is 6.76. The lowest BCUT2D eigenvalue weighted by molar-refractivity contribution is -0.490. The number of halogens is 2. The van der Waals surface area contributed by atoms with Crippen LogP contribution < -0.4 is 5.32 Å². The molecule has 0 aromatic heterocycles. The van der Waals surface area contributed by atoms with E-state index in [0.29, 0.717) is 0 Å². The molecule has 1 saturated carbocycles. The monoisotopic (exact) mass is 398 g/mol. The number of ketones is 1. The highest BCUT2D eigenvalue weighted by Gasteiger charge is 2.44. The first kappa shape index (κ1) is 21.4. The molecule has 1 aromatic rings. The van der Waals surface area contributed by atoms with Gasteiger partial charge in [0.15, 0.2) is 6.10 Å². The van der Waals surface area contributed by atoms with Crippen molar-refractivity contribution in [1.82, 2.24) is 0 Å². The summed E-state index contributed by atoms with van der Waals surface area (Å²) < 4.78 is 31.7. The van der Waals surface area contributed by atoms with Crippen molar-refractivity contribution in [3.63, 3.8) is 0 Å². The lowest BCUT2D eigenvalue weighted by atomic mass is 9.88. The van der Waals surface area contributed by atoms with Crippen LogP contribution in [0.2, 0.25) is 0 Å². The predicted octanol–water partition coefficient (Wildman–Crippen LogP) is 2.34. The molecule has 1 aliphatic carbocycles. The Hall–Kier alpha value is -2.91. The Morgan fingerprint density at radius 3 is 2.71 bits per heavy atom. The fourth-order valence-corrected chi connectivity index (χ4v) is 3.31. The van der Waals surface area contributed by atoms with E-state index in [1.807, 2.05) is 0 Å². The van der Waals surface area contributed by atoms with E-state index in [1.54, 1.807) is 6.92 Å². The lowest BCUT2D eigenvalue weighted by Gasteiger charge is -2.18. The van der Waals surface area contributed by atoms with Gasteiger partial charge in [-0.25, -0.2) is 8.78 Å². The summed E-state index contributed by atoms with van der Waals surface area (Å²) in [5.41, 5.74) is -0.404. The molecule has 1 aliphatic rings. The Bertz CT molecular complexity index is 800. The first-order valence-corrected chi connectivity index (χ1v) is 8.68. The first-order chi connectivity index (χ1) is 13.1. The summed E-state index contributed by atoms with van der Waals surface area (Å²) in [5, 5.41) is 12.9. The van der Waals surface area contributed by atoms with Crippen molar-refractivity contribution >= 4 is 23.3 Å². The average molecular weight is 398 g/mol. The van der Waals surface area contributed by atoms with Crippen LogP contribution in [0.25, 0.3) is 0 Å². The van der Waals surface area contributed by atoms with Crippen molar-refractivity contribution < 1.29 is 32.8 Å². The third-order valence-electron chi connectivity index (χ3n) is 4.79. The van der Waals surface area contributed by atoms with E-state index in [2.05, 4.69) is 5.32 Å². The number of Topliss-reactive ketones (excluding diaryl/α,β-unsaturated/α-hetero) is 1. The van der Waals surface area contributed by atoms with E-state index >= 15 is 0 Å². The van der Waals surface area contributed by atoms with Crippen LogP contribution in [0.1, 0.15) is 26.7 Å². The number of hydrogen-bond donors (Lipinski definition) is 1. The second-order valence-electron chi connectivity index (χ2n) is 6.88. The molecule has 1 N–H and O–H groups in total. The van der Waals surface area contributed by atoms with Crippen molar-refractivity contribution in [3.05, 3.63) is 39.9 Å². The molecule has 10 heteroatoms. The summed E-state index contributed by atoms with van der Waals surface area (Å²) >= 11 is 0. The zero-order chi connectivity index (χ0) is 21.0. The average Bonchev–Trinajstić information content (AvgIpc) is 2.84. The van der Waals surface area contributed by atoms with Crippen LogP contribution in [0.4, 0.5) is 14.5 Å². The van der Waals surface area contributed by atoms with Crippen molar-refractivity contribution in [2.75, 3.05) is 11.9 Å². The van der Waals surface area contributed by atoms with E-state index in [9.17, 15) is 33.3 Å². The third-order valence-corrected chi connectivity index (χ3v) is 4.79. The molecule has 28 heavy (non-hydrogen) atoms. The van der Waals surface area contributed by atoms with Gasteiger partial charge in [-0.1, -0.05) is 6.92 Å². The molecule has 0 radical (unpaired) electrons. The van der Waals surface area contributed by atoms with Gasteiger partial charge in [-0.2, -0.15) is 0 Å². The Morgan fingerprint density at radius 2 is 2.07 bits per heavy atom. The second kappa shape index (κ2) is 8.85. The summed E-state index contributed by atoms with van der Waals surface area (Å²) in [5.74, 6) is -5.28. The number of benzene rings is 1. The normalized spacial score (nSPS) is 22.6. The highest BCUT2D eigenvalue weighted by molar-refractivity contribution is 5.95. The lowest BCUT2D eigenvalue weighted by Crippen LogP contribution is -2.32. The van der Waals surface area contributed by atoms with Crippen LogP contribution in [0.3, 0.4) is 0 Å². The Balaban J connectivity index is 1.95. The summed E-state index contributed by atoms with van der Waals surface area (Å²) in [6.07, 6.45) is -1.57. The number of amides is 1. The summed E-state index contributed by atoms with van der Waals surface area (Å²) in [7, 11) is 0. The quantitative estimate of drug-likeness (QED) is 0.428. The highest BCUT2D eigenvalue weighted by Crippen LogP contribution is 2.36. The minimum absolute atomic E-state index is 0.144. The third kappa shape index (κ3) is 5.30. The molecule has 1 fully saturated rings. The molecular weight excluding hydrogens is 378 g/mol. The minimum atomic E-state index is -1.34. The number of esters is 1. The van der Waals surface area contributed by atoms with Crippen molar-refractivity contribution in [2.24, 2.45) is 17.8 Å².